The summed E-state index contributed by atoms with van der Waals surface area (Å²) in [6, 6.07) is 1.74. The van der Waals surface area contributed by atoms with Crippen LogP contribution in [0.2, 0.25) is 0 Å². The molecule has 2 fully saturated rings. The second-order valence-electron chi connectivity index (χ2n) is 8.07. The van der Waals surface area contributed by atoms with E-state index in [4.69, 9.17) is 4.74 Å². The van der Waals surface area contributed by atoms with Crippen LogP contribution in [0.1, 0.15) is 52.7 Å². The van der Waals surface area contributed by atoms with Gasteiger partial charge in [0, 0.05) is 17.0 Å². The largest absolute Gasteiger partial charge is 0.451 e. The van der Waals surface area contributed by atoms with Gasteiger partial charge in [0.15, 0.2) is 16.4 Å². The minimum Gasteiger partial charge on any atom is -0.451 e. The SMILES string of the molecule is C[C@H]1CCc2sc(C(=O)OCC(=O)N(C3CC3)[C@H]3CCS(=O)(=O)C3)cc2C1. The van der Waals surface area contributed by atoms with Crippen molar-refractivity contribution in [1.29, 1.82) is 0 Å². The lowest BCUT2D eigenvalue weighted by molar-refractivity contribution is -0.137. The van der Waals surface area contributed by atoms with Gasteiger partial charge in [-0.25, -0.2) is 13.2 Å². The molecule has 1 aromatic rings. The summed E-state index contributed by atoms with van der Waals surface area (Å²) in [6.45, 7) is 1.90. The molecule has 0 radical (unpaired) electrons. The molecule has 0 unspecified atom stereocenters. The lowest BCUT2D eigenvalue weighted by Gasteiger charge is -2.28. The van der Waals surface area contributed by atoms with Crippen LogP contribution in [0.4, 0.5) is 0 Å². The summed E-state index contributed by atoms with van der Waals surface area (Å²) in [6.07, 6.45) is 5.40. The number of hydrogen-bond donors (Lipinski definition) is 0. The Bertz CT molecular complexity index is 855. The maximum absolute atomic E-state index is 12.7. The number of carbonyl (C=O) groups is 2. The highest BCUT2D eigenvalue weighted by Crippen LogP contribution is 2.34. The smallest absolute Gasteiger partial charge is 0.348 e. The molecule has 2 aliphatic carbocycles. The second-order valence-corrected chi connectivity index (χ2v) is 11.4. The predicted octanol–water partition coefficient (Wildman–Crippen LogP) is 2.21. The van der Waals surface area contributed by atoms with Gasteiger partial charge in [-0.1, -0.05) is 6.92 Å². The van der Waals surface area contributed by atoms with Crippen molar-refractivity contribution in [3.63, 3.8) is 0 Å². The number of fused-ring (bicyclic) bond motifs is 1. The van der Waals surface area contributed by atoms with Crippen LogP contribution in [-0.4, -0.2) is 55.4 Å². The summed E-state index contributed by atoms with van der Waals surface area (Å²) in [7, 11) is -3.06. The van der Waals surface area contributed by atoms with E-state index >= 15 is 0 Å². The van der Waals surface area contributed by atoms with Gasteiger partial charge in [-0.05, 0) is 56.1 Å². The van der Waals surface area contributed by atoms with Crippen molar-refractivity contribution in [2.45, 2.75) is 57.5 Å². The van der Waals surface area contributed by atoms with E-state index in [2.05, 4.69) is 6.92 Å². The molecule has 6 nitrogen and oxygen atoms in total. The number of thiophene rings is 1. The lowest BCUT2D eigenvalue weighted by atomic mass is 9.90. The van der Waals surface area contributed by atoms with Gasteiger partial charge in [-0.3, -0.25) is 4.79 Å². The molecule has 0 N–H and O–H groups in total. The van der Waals surface area contributed by atoms with Crippen molar-refractivity contribution in [1.82, 2.24) is 4.90 Å². The fraction of sp³-hybridized carbons (Fsp3) is 0.684. The molecule has 1 saturated heterocycles. The van der Waals surface area contributed by atoms with Gasteiger partial charge in [0.25, 0.3) is 5.91 Å². The minimum atomic E-state index is -3.06. The maximum atomic E-state index is 12.7. The monoisotopic (exact) mass is 411 g/mol. The highest BCUT2D eigenvalue weighted by Gasteiger charge is 2.42. The van der Waals surface area contributed by atoms with E-state index in [-0.39, 0.29) is 36.1 Å². The first-order chi connectivity index (χ1) is 12.8. The molecule has 8 heteroatoms. The van der Waals surface area contributed by atoms with Gasteiger partial charge >= 0.3 is 5.97 Å². The fourth-order valence-electron chi connectivity index (χ4n) is 4.13. The topological polar surface area (TPSA) is 80.8 Å². The van der Waals surface area contributed by atoms with Crippen LogP contribution in [-0.2, 0) is 32.2 Å². The fourth-order valence-corrected chi connectivity index (χ4v) is 6.95. The summed E-state index contributed by atoms with van der Waals surface area (Å²) in [4.78, 5) is 28.5. The third kappa shape index (κ3) is 4.21. The number of amides is 1. The third-order valence-electron chi connectivity index (χ3n) is 5.69. The number of ether oxygens (including phenoxy) is 1. The summed E-state index contributed by atoms with van der Waals surface area (Å²) < 4.78 is 28.8. The van der Waals surface area contributed by atoms with Gasteiger partial charge in [-0.15, -0.1) is 11.3 Å². The van der Waals surface area contributed by atoms with Crippen molar-refractivity contribution >= 4 is 33.1 Å². The molecule has 27 heavy (non-hydrogen) atoms. The van der Waals surface area contributed by atoms with Gasteiger partial charge in [0.2, 0.25) is 0 Å². The Hall–Kier alpha value is -1.41. The number of rotatable bonds is 5. The van der Waals surface area contributed by atoms with E-state index < -0.39 is 15.8 Å². The van der Waals surface area contributed by atoms with Crippen LogP contribution >= 0.6 is 11.3 Å². The summed E-state index contributed by atoms with van der Waals surface area (Å²) in [5.74, 6) is 0.0620. The zero-order chi connectivity index (χ0) is 19.2. The summed E-state index contributed by atoms with van der Waals surface area (Å²) >= 11 is 1.47. The number of hydrogen-bond acceptors (Lipinski definition) is 6. The minimum absolute atomic E-state index is 0.0268. The molecule has 3 aliphatic rings. The summed E-state index contributed by atoms with van der Waals surface area (Å²) in [5.41, 5.74) is 1.23. The van der Waals surface area contributed by atoms with Gasteiger partial charge < -0.3 is 9.64 Å². The van der Waals surface area contributed by atoms with Gasteiger partial charge in [0.1, 0.15) is 4.88 Å². The van der Waals surface area contributed by atoms with Crippen molar-refractivity contribution in [2.24, 2.45) is 5.92 Å². The van der Waals surface area contributed by atoms with Crippen molar-refractivity contribution in [3.05, 3.63) is 21.4 Å². The number of esters is 1. The Morgan fingerprint density at radius 2 is 2.00 bits per heavy atom. The van der Waals surface area contributed by atoms with E-state index in [0.717, 1.165) is 32.1 Å². The van der Waals surface area contributed by atoms with E-state index in [1.54, 1.807) is 4.90 Å². The van der Waals surface area contributed by atoms with Crippen LogP contribution in [0.25, 0.3) is 0 Å². The van der Waals surface area contributed by atoms with Gasteiger partial charge in [0.05, 0.1) is 11.5 Å². The zero-order valence-corrected chi connectivity index (χ0v) is 17.1. The highest BCUT2D eigenvalue weighted by molar-refractivity contribution is 7.91. The van der Waals surface area contributed by atoms with E-state index in [9.17, 15) is 18.0 Å². The molecule has 1 aromatic heterocycles. The Morgan fingerprint density at radius 1 is 1.22 bits per heavy atom. The number of aryl methyl sites for hydroxylation is 1. The number of sulfone groups is 1. The Morgan fingerprint density at radius 3 is 2.67 bits per heavy atom. The van der Waals surface area contributed by atoms with Crippen LogP contribution < -0.4 is 0 Å². The highest BCUT2D eigenvalue weighted by atomic mass is 32.2. The first-order valence-corrected chi connectivity index (χ1v) is 12.3. The molecule has 1 aliphatic heterocycles. The number of carbonyl (C=O) groups excluding carboxylic acids is 2. The van der Waals surface area contributed by atoms with E-state index in [1.165, 1.54) is 21.8 Å². The Kier molecular flexibility index (Phi) is 5.05. The quantitative estimate of drug-likeness (QED) is 0.694. The van der Waals surface area contributed by atoms with Gasteiger partial charge in [-0.2, -0.15) is 0 Å². The lowest BCUT2D eigenvalue weighted by Crippen LogP contribution is -2.44. The zero-order valence-electron chi connectivity index (χ0n) is 15.5. The summed E-state index contributed by atoms with van der Waals surface area (Å²) in [5, 5.41) is 0. The average molecular weight is 412 g/mol. The van der Waals surface area contributed by atoms with Crippen molar-refractivity contribution in [2.75, 3.05) is 18.1 Å². The maximum Gasteiger partial charge on any atom is 0.348 e. The molecule has 1 amide bonds. The Labute approximate surface area is 163 Å². The standard InChI is InChI=1S/C19H25NO5S2/c1-12-2-5-16-13(8-12)9-17(26-16)19(22)25-10-18(21)20(14-3-4-14)15-6-7-27(23,24)11-15/h9,12,14-15H,2-8,10-11H2,1H3/t12-,15-/m0/s1. The van der Waals surface area contributed by atoms with Crippen molar-refractivity contribution in [3.8, 4) is 0 Å². The molecule has 0 bridgehead atoms. The normalized spacial score (nSPS) is 26.4. The van der Waals surface area contributed by atoms with Crippen LogP contribution in [0.3, 0.4) is 0 Å². The molecule has 2 atom stereocenters. The second kappa shape index (κ2) is 7.20. The molecule has 1 saturated carbocycles. The van der Waals surface area contributed by atoms with Crippen LogP contribution in [0.5, 0.6) is 0 Å². The van der Waals surface area contributed by atoms with Crippen LogP contribution in [0, 0.1) is 5.92 Å². The molecule has 148 valence electrons. The molecule has 2 heterocycles. The van der Waals surface area contributed by atoms with E-state index in [0.29, 0.717) is 17.2 Å². The first-order valence-electron chi connectivity index (χ1n) is 9.62. The third-order valence-corrected chi connectivity index (χ3v) is 8.65. The van der Waals surface area contributed by atoms with E-state index in [1.807, 2.05) is 6.07 Å². The predicted molar refractivity (Wildman–Crippen MR) is 103 cm³/mol. The Balaban J connectivity index is 1.37. The van der Waals surface area contributed by atoms with Crippen molar-refractivity contribution < 1.29 is 22.7 Å². The molecule has 0 aromatic carbocycles. The first kappa shape index (κ1) is 18.9. The average Bonchev–Trinajstić information content (AvgIpc) is 3.24. The molecular formula is C19H25NO5S2. The number of nitrogens with zero attached hydrogens (tertiary/aromatic N) is 1. The molecule has 4 rings (SSSR count). The molecular weight excluding hydrogens is 386 g/mol. The van der Waals surface area contributed by atoms with Crippen LogP contribution in [0.15, 0.2) is 6.07 Å². The molecule has 0 spiro atoms.